The molecule has 1 amide bonds. The van der Waals surface area contributed by atoms with Crippen LogP contribution < -0.4 is 0 Å². The SMILES string of the molecule is O=C(O)C1(C(=O)N2CCSC3CCCCC32)CC1. The van der Waals surface area contributed by atoms with Crippen molar-refractivity contribution in [2.75, 3.05) is 12.3 Å². The number of carbonyl (C=O) groups is 2. The summed E-state index contributed by atoms with van der Waals surface area (Å²) >= 11 is 1.97. The lowest BCUT2D eigenvalue weighted by Crippen LogP contribution is -2.54. The lowest BCUT2D eigenvalue weighted by molar-refractivity contribution is -0.154. The molecule has 0 bridgehead atoms. The molecule has 2 saturated carbocycles. The van der Waals surface area contributed by atoms with E-state index in [0.29, 0.717) is 24.1 Å². The summed E-state index contributed by atoms with van der Waals surface area (Å²) in [7, 11) is 0. The Morgan fingerprint density at radius 2 is 1.94 bits per heavy atom. The molecule has 0 aromatic heterocycles. The fourth-order valence-corrected chi connectivity index (χ4v) is 4.71. The quantitative estimate of drug-likeness (QED) is 0.776. The van der Waals surface area contributed by atoms with Gasteiger partial charge in [-0.1, -0.05) is 12.8 Å². The maximum Gasteiger partial charge on any atom is 0.319 e. The summed E-state index contributed by atoms with van der Waals surface area (Å²) in [5.74, 6) is -0.0620. The van der Waals surface area contributed by atoms with Gasteiger partial charge >= 0.3 is 5.97 Å². The van der Waals surface area contributed by atoms with Crippen LogP contribution in [-0.2, 0) is 9.59 Å². The summed E-state index contributed by atoms with van der Waals surface area (Å²) in [5.41, 5.74) is -1.05. The molecule has 0 aromatic carbocycles. The van der Waals surface area contributed by atoms with Crippen molar-refractivity contribution >= 4 is 23.6 Å². The summed E-state index contributed by atoms with van der Waals surface area (Å²) in [6, 6.07) is 0.293. The van der Waals surface area contributed by atoms with Crippen LogP contribution in [0.4, 0.5) is 0 Å². The molecule has 2 aliphatic carbocycles. The average molecular weight is 269 g/mol. The Balaban J connectivity index is 1.78. The van der Waals surface area contributed by atoms with Crippen molar-refractivity contribution in [1.82, 2.24) is 4.90 Å². The molecular formula is C13H19NO3S. The standard InChI is InChI=1S/C13H19NO3S/c15-11(13(5-6-13)12(16)17)14-7-8-18-10-4-2-1-3-9(10)14/h9-10H,1-8H2,(H,16,17). The molecule has 3 fully saturated rings. The third kappa shape index (κ3) is 1.83. The molecule has 0 radical (unpaired) electrons. The fourth-order valence-electron chi connectivity index (χ4n) is 3.27. The summed E-state index contributed by atoms with van der Waals surface area (Å²) in [6.07, 6.45) is 5.72. The summed E-state index contributed by atoms with van der Waals surface area (Å²) in [6.45, 7) is 0.736. The topological polar surface area (TPSA) is 57.6 Å². The smallest absolute Gasteiger partial charge is 0.319 e. The molecule has 3 aliphatic rings. The van der Waals surface area contributed by atoms with Crippen molar-refractivity contribution in [2.24, 2.45) is 5.41 Å². The molecule has 2 unspecified atom stereocenters. The van der Waals surface area contributed by atoms with E-state index in [1.54, 1.807) is 0 Å². The van der Waals surface area contributed by atoms with Crippen LogP contribution in [0.3, 0.4) is 0 Å². The van der Waals surface area contributed by atoms with E-state index in [0.717, 1.165) is 18.7 Å². The number of carbonyl (C=O) groups excluding carboxylic acids is 1. The van der Waals surface area contributed by atoms with Gasteiger partial charge in [0.05, 0.1) is 0 Å². The average Bonchev–Trinajstić information content (AvgIpc) is 3.19. The monoisotopic (exact) mass is 269 g/mol. The van der Waals surface area contributed by atoms with Crippen LogP contribution in [0.25, 0.3) is 0 Å². The van der Waals surface area contributed by atoms with E-state index >= 15 is 0 Å². The highest BCUT2D eigenvalue weighted by molar-refractivity contribution is 8.00. The molecule has 0 spiro atoms. The molecule has 0 aromatic rings. The molecule has 100 valence electrons. The van der Waals surface area contributed by atoms with Crippen LogP contribution in [-0.4, -0.2) is 45.5 Å². The van der Waals surface area contributed by atoms with Crippen molar-refractivity contribution in [3.63, 3.8) is 0 Å². The first-order valence-corrected chi connectivity index (χ1v) is 7.86. The molecule has 2 atom stereocenters. The molecule has 18 heavy (non-hydrogen) atoms. The number of hydrogen-bond donors (Lipinski definition) is 1. The molecule has 1 saturated heterocycles. The molecular weight excluding hydrogens is 250 g/mol. The van der Waals surface area contributed by atoms with Gasteiger partial charge in [-0.2, -0.15) is 11.8 Å². The van der Waals surface area contributed by atoms with Crippen LogP contribution in [0.5, 0.6) is 0 Å². The number of amides is 1. The lowest BCUT2D eigenvalue weighted by Gasteiger charge is -2.44. The minimum absolute atomic E-state index is 0.104. The maximum absolute atomic E-state index is 12.5. The van der Waals surface area contributed by atoms with E-state index in [4.69, 9.17) is 0 Å². The van der Waals surface area contributed by atoms with E-state index in [-0.39, 0.29) is 5.91 Å². The van der Waals surface area contributed by atoms with Gasteiger partial charge in [-0.3, -0.25) is 9.59 Å². The molecule has 4 nitrogen and oxygen atoms in total. The number of fused-ring (bicyclic) bond motifs is 1. The molecule has 5 heteroatoms. The number of aliphatic carboxylic acids is 1. The van der Waals surface area contributed by atoms with Gasteiger partial charge in [0.25, 0.3) is 0 Å². The zero-order chi connectivity index (χ0) is 12.8. The highest BCUT2D eigenvalue weighted by atomic mass is 32.2. The number of thioether (sulfide) groups is 1. The van der Waals surface area contributed by atoms with Crippen molar-refractivity contribution in [3.05, 3.63) is 0 Å². The van der Waals surface area contributed by atoms with Gasteiger partial charge in [-0.05, 0) is 25.7 Å². The number of carboxylic acid groups (broad SMARTS) is 1. The Kier molecular flexibility index (Phi) is 3.04. The maximum atomic E-state index is 12.5. The summed E-state index contributed by atoms with van der Waals surface area (Å²) in [4.78, 5) is 25.7. The van der Waals surface area contributed by atoms with Gasteiger partial charge in [0.1, 0.15) is 5.41 Å². The second-order valence-electron chi connectivity index (χ2n) is 5.65. The van der Waals surface area contributed by atoms with E-state index in [1.165, 1.54) is 19.3 Å². The van der Waals surface area contributed by atoms with Crippen LogP contribution in [0.15, 0.2) is 0 Å². The number of rotatable bonds is 2. The Hall–Kier alpha value is -0.710. The lowest BCUT2D eigenvalue weighted by atomic mass is 9.91. The summed E-state index contributed by atoms with van der Waals surface area (Å²) < 4.78 is 0. The van der Waals surface area contributed by atoms with Gasteiger partial charge in [-0.25, -0.2) is 0 Å². The molecule has 1 aliphatic heterocycles. The van der Waals surface area contributed by atoms with E-state index in [2.05, 4.69) is 0 Å². The second-order valence-corrected chi connectivity index (χ2v) is 6.99. The van der Waals surface area contributed by atoms with Crippen LogP contribution in [0.2, 0.25) is 0 Å². The fraction of sp³-hybridized carbons (Fsp3) is 0.846. The highest BCUT2D eigenvalue weighted by Crippen LogP contribution is 2.49. The largest absolute Gasteiger partial charge is 0.480 e. The van der Waals surface area contributed by atoms with Crippen molar-refractivity contribution in [1.29, 1.82) is 0 Å². The van der Waals surface area contributed by atoms with Crippen LogP contribution in [0.1, 0.15) is 38.5 Å². The third-order valence-corrected chi connectivity index (χ3v) is 5.96. The Morgan fingerprint density at radius 1 is 1.22 bits per heavy atom. The third-order valence-electron chi connectivity index (χ3n) is 4.56. The Morgan fingerprint density at radius 3 is 2.61 bits per heavy atom. The van der Waals surface area contributed by atoms with Crippen LogP contribution >= 0.6 is 11.8 Å². The summed E-state index contributed by atoms with van der Waals surface area (Å²) in [5, 5.41) is 9.79. The zero-order valence-electron chi connectivity index (χ0n) is 10.4. The Labute approximate surface area is 111 Å². The number of hydrogen-bond acceptors (Lipinski definition) is 3. The van der Waals surface area contributed by atoms with E-state index < -0.39 is 11.4 Å². The predicted molar refractivity (Wildman–Crippen MR) is 69.5 cm³/mol. The molecule has 1 N–H and O–H groups in total. The predicted octanol–water partition coefficient (Wildman–Crippen LogP) is 1.74. The first-order valence-electron chi connectivity index (χ1n) is 6.81. The van der Waals surface area contributed by atoms with Gasteiger partial charge in [-0.15, -0.1) is 0 Å². The van der Waals surface area contributed by atoms with Gasteiger partial charge < -0.3 is 10.0 Å². The first kappa shape index (κ1) is 12.3. The molecule has 1 heterocycles. The van der Waals surface area contributed by atoms with Crippen molar-refractivity contribution in [2.45, 2.75) is 49.8 Å². The molecule has 3 rings (SSSR count). The zero-order valence-corrected chi connectivity index (χ0v) is 11.2. The second kappa shape index (κ2) is 4.44. The Bertz CT molecular complexity index is 378. The van der Waals surface area contributed by atoms with Crippen molar-refractivity contribution in [3.8, 4) is 0 Å². The van der Waals surface area contributed by atoms with Gasteiger partial charge in [0.15, 0.2) is 0 Å². The minimum atomic E-state index is -1.05. The normalized spacial score (nSPS) is 33.7. The van der Waals surface area contributed by atoms with Gasteiger partial charge in [0.2, 0.25) is 5.91 Å². The first-order chi connectivity index (χ1) is 8.65. The van der Waals surface area contributed by atoms with Gasteiger partial charge in [0, 0.05) is 23.6 Å². The van der Waals surface area contributed by atoms with Crippen LogP contribution in [0, 0.1) is 5.41 Å². The number of carboxylic acids is 1. The van der Waals surface area contributed by atoms with E-state index in [9.17, 15) is 14.7 Å². The highest BCUT2D eigenvalue weighted by Gasteiger charge is 2.59. The van der Waals surface area contributed by atoms with Crippen molar-refractivity contribution < 1.29 is 14.7 Å². The minimum Gasteiger partial charge on any atom is -0.480 e. The van der Waals surface area contributed by atoms with E-state index in [1.807, 2.05) is 16.7 Å². The number of nitrogens with zero attached hydrogens (tertiary/aromatic N) is 1.